The van der Waals surface area contributed by atoms with E-state index in [2.05, 4.69) is 15.3 Å². The van der Waals surface area contributed by atoms with Crippen LogP contribution in [0, 0.1) is 0 Å². The average molecular weight is 480 g/mol. The highest BCUT2D eigenvalue weighted by Crippen LogP contribution is 2.40. The summed E-state index contributed by atoms with van der Waals surface area (Å²) in [4.78, 5) is 21.0. The molecule has 8 nitrogen and oxygen atoms in total. The van der Waals surface area contributed by atoms with Crippen LogP contribution in [0.5, 0.6) is 0 Å². The normalized spacial score (nSPS) is 22.5. The number of allylic oxidation sites excluding steroid dienone is 4. The molecule has 3 heterocycles. The van der Waals surface area contributed by atoms with E-state index in [9.17, 15) is 13.2 Å². The Morgan fingerprint density at radius 2 is 2.06 bits per heavy atom. The number of nitrogens with two attached hydrogens (primary N) is 1. The second kappa shape index (κ2) is 8.70. The van der Waals surface area contributed by atoms with Crippen LogP contribution in [0.1, 0.15) is 24.1 Å². The maximum absolute atomic E-state index is 12.8. The first kappa shape index (κ1) is 21.9. The minimum Gasteiger partial charge on any atom is -0.383 e. The van der Waals surface area contributed by atoms with Crippen LogP contribution in [0.2, 0.25) is 5.15 Å². The first-order chi connectivity index (χ1) is 14.8. The molecule has 1 aliphatic carbocycles. The van der Waals surface area contributed by atoms with Gasteiger partial charge in [0.1, 0.15) is 22.2 Å². The number of carbonyl (C=O) groups excluding carboxylic acids is 1. The molecule has 3 N–H and O–H groups in total. The second-order valence-corrected chi connectivity index (χ2v) is 10.8. The number of nitrogens with one attached hydrogen (secondary N) is 1. The van der Waals surface area contributed by atoms with E-state index in [1.165, 1.54) is 34.0 Å². The van der Waals surface area contributed by atoms with Gasteiger partial charge in [0.05, 0.1) is 10.3 Å². The molecule has 1 saturated heterocycles. The summed E-state index contributed by atoms with van der Waals surface area (Å²) in [7, 11) is -3.61. The highest BCUT2D eigenvalue weighted by molar-refractivity contribution is 7.89. The zero-order valence-electron chi connectivity index (χ0n) is 16.6. The van der Waals surface area contributed by atoms with E-state index >= 15 is 0 Å². The number of nitrogen functional groups attached to an aromatic ring is 1. The SMILES string of the molecule is Nc1nc(NC2CCN(S(=O)(=O)c3ccc(Cl)nc3)CC2)sc1C1(C=O)C=CC=CC1. The van der Waals surface area contributed by atoms with Gasteiger partial charge in [-0.15, -0.1) is 0 Å². The first-order valence-corrected chi connectivity index (χ1v) is 12.4. The molecule has 0 radical (unpaired) electrons. The number of aldehydes is 1. The summed E-state index contributed by atoms with van der Waals surface area (Å²) >= 11 is 7.13. The number of pyridine rings is 1. The Morgan fingerprint density at radius 1 is 1.29 bits per heavy atom. The Labute approximate surface area is 189 Å². The summed E-state index contributed by atoms with van der Waals surface area (Å²) in [5.41, 5.74) is 5.35. The number of sulfonamides is 1. The number of rotatable bonds is 6. The highest BCUT2D eigenvalue weighted by Gasteiger charge is 2.35. The first-order valence-electron chi connectivity index (χ1n) is 9.80. The number of hydrogen-bond acceptors (Lipinski definition) is 8. The molecule has 31 heavy (non-hydrogen) atoms. The van der Waals surface area contributed by atoms with E-state index in [1.807, 2.05) is 24.3 Å². The van der Waals surface area contributed by atoms with Crippen molar-refractivity contribution in [3.05, 3.63) is 52.7 Å². The monoisotopic (exact) mass is 479 g/mol. The Morgan fingerprint density at radius 3 is 2.68 bits per heavy atom. The Bertz CT molecular complexity index is 1120. The van der Waals surface area contributed by atoms with E-state index in [0.717, 1.165) is 11.2 Å². The van der Waals surface area contributed by atoms with Gasteiger partial charge in [-0.2, -0.15) is 4.31 Å². The molecule has 1 atom stereocenters. The summed E-state index contributed by atoms with van der Waals surface area (Å²) in [6, 6.07) is 2.99. The van der Waals surface area contributed by atoms with Crippen molar-refractivity contribution in [2.45, 2.75) is 35.6 Å². The van der Waals surface area contributed by atoms with Gasteiger partial charge in [-0.05, 0) is 31.4 Å². The van der Waals surface area contributed by atoms with Gasteiger partial charge in [-0.3, -0.25) is 0 Å². The number of piperidine rings is 1. The summed E-state index contributed by atoms with van der Waals surface area (Å²) in [5.74, 6) is 0.342. The summed E-state index contributed by atoms with van der Waals surface area (Å²) < 4.78 is 27.1. The van der Waals surface area contributed by atoms with Gasteiger partial charge in [0, 0.05) is 25.3 Å². The fourth-order valence-electron chi connectivity index (χ4n) is 3.75. The number of nitrogens with zero attached hydrogens (tertiary/aromatic N) is 3. The molecule has 0 spiro atoms. The van der Waals surface area contributed by atoms with Crippen molar-refractivity contribution in [2.24, 2.45) is 0 Å². The average Bonchev–Trinajstić information content (AvgIpc) is 3.15. The molecule has 11 heteroatoms. The largest absolute Gasteiger partial charge is 0.383 e. The van der Waals surface area contributed by atoms with Crippen molar-refractivity contribution in [1.82, 2.24) is 14.3 Å². The lowest BCUT2D eigenvalue weighted by Crippen LogP contribution is -2.42. The Balaban J connectivity index is 1.42. The second-order valence-electron chi connectivity index (χ2n) is 7.52. The van der Waals surface area contributed by atoms with Crippen LogP contribution in [0.15, 0.2) is 47.5 Å². The summed E-state index contributed by atoms with van der Waals surface area (Å²) in [6.07, 6.45) is 11.5. The van der Waals surface area contributed by atoms with Gasteiger partial charge in [-0.1, -0.05) is 47.2 Å². The van der Waals surface area contributed by atoms with Crippen LogP contribution >= 0.6 is 22.9 Å². The predicted octanol–water partition coefficient (Wildman–Crippen LogP) is 2.99. The number of anilines is 2. The number of aromatic nitrogens is 2. The zero-order valence-corrected chi connectivity index (χ0v) is 19.0. The van der Waals surface area contributed by atoms with Crippen molar-refractivity contribution in [1.29, 1.82) is 0 Å². The lowest BCUT2D eigenvalue weighted by Gasteiger charge is -2.31. The highest BCUT2D eigenvalue weighted by atomic mass is 35.5. The van der Waals surface area contributed by atoms with Gasteiger partial charge in [-0.25, -0.2) is 18.4 Å². The quantitative estimate of drug-likeness (QED) is 0.483. The van der Waals surface area contributed by atoms with Crippen LogP contribution in [0.3, 0.4) is 0 Å². The molecule has 2 aliphatic rings. The third kappa shape index (κ3) is 4.38. The number of thiazole rings is 1. The van der Waals surface area contributed by atoms with Gasteiger partial charge in [0.2, 0.25) is 10.0 Å². The van der Waals surface area contributed by atoms with E-state index < -0.39 is 15.4 Å². The third-order valence-electron chi connectivity index (χ3n) is 5.50. The molecule has 1 unspecified atom stereocenters. The molecule has 0 amide bonds. The Kier molecular flexibility index (Phi) is 6.16. The minimum atomic E-state index is -3.61. The number of halogens is 1. The van der Waals surface area contributed by atoms with E-state index in [1.54, 1.807) is 0 Å². The summed E-state index contributed by atoms with van der Waals surface area (Å²) in [5, 5.41) is 4.25. The fourth-order valence-corrected chi connectivity index (χ4v) is 6.38. The van der Waals surface area contributed by atoms with Crippen molar-refractivity contribution in [2.75, 3.05) is 24.1 Å². The lowest BCUT2D eigenvalue weighted by atomic mass is 9.82. The molecule has 0 saturated carbocycles. The smallest absolute Gasteiger partial charge is 0.244 e. The standard InChI is InChI=1S/C20H22ClN5O3S2/c21-16-5-4-15(12-23-16)31(28,29)26-10-6-14(7-11-26)24-19-25-18(22)17(30-19)20(13-27)8-2-1-3-9-20/h1-5,8,12-14H,6-7,9-11,22H2,(H,24,25). The van der Waals surface area contributed by atoms with Crippen LogP contribution in [0.25, 0.3) is 0 Å². The maximum atomic E-state index is 12.8. The number of hydrogen-bond donors (Lipinski definition) is 2. The molecule has 0 bridgehead atoms. The van der Waals surface area contributed by atoms with E-state index in [-0.39, 0.29) is 16.1 Å². The van der Waals surface area contributed by atoms with Gasteiger partial charge < -0.3 is 15.8 Å². The van der Waals surface area contributed by atoms with Crippen molar-refractivity contribution < 1.29 is 13.2 Å². The van der Waals surface area contributed by atoms with Crippen molar-refractivity contribution in [3.63, 3.8) is 0 Å². The van der Waals surface area contributed by atoms with Crippen LogP contribution in [0.4, 0.5) is 10.9 Å². The molecule has 2 aromatic heterocycles. The topological polar surface area (TPSA) is 118 Å². The molecular weight excluding hydrogens is 458 g/mol. The van der Waals surface area contributed by atoms with Crippen LogP contribution in [-0.2, 0) is 20.2 Å². The van der Waals surface area contributed by atoms with Crippen LogP contribution < -0.4 is 11.1 Å². The molecule has 2 aromatic rings. The van der Waals surface area contributed by atoms with E-state index in [0.29, 0.717) is 43.3 Å². The molecule has 1 aliphatic heterocycles. The van der Waals surface area contributed by atoms with E-state index in [4.69, 9.17) is 17.3 Å². The van der Waals surface area contributed by atoms with Gasteiger partial charge in [0.15, 0.2) is 5.13 Å². The van der Waals surface area contributed by atoms with Gasteiger partial charge in [0.25, 0.3) is 0 Å². The zero-order chi connectivity index (χ0) is 22.1. The molecule has 164 valence electrons. The third-order valence-corrected chi connectivity index (χ3v) is 8.80. The molecule has 0 aromatic carbocycles. The fraction of sp³-hybridized carbons (Fsp3) is 0.350. The minimum absolute atomic E-state index is 0.0576. The maximum Gasteiger partial charge on any atom is 0.244 e. The number of carbonyl (C=O) groups is 1. The van der Waals surface area contributed by atoms with Crippen LogP contribution in [-0.4, -0.2) is 48.1 Å². The summed E-state index contributed by atoms with van der Waals surface area (Å²) in [6.45, 7) is 0.754. The molecule has 1 fully saturated rings. The van der Waals surface area contributed by atoms with Crippen molar-refractivity contribution in [3.8, 4) is 0 Å². The van der Waals surface area contributed by atoms with Gasteiger partial charge >= 0.3 is 0 Å². The van der Waals surface area contributed by atoms with Crippen molar-refractivity contribution >= 4 is 50.2 Å². The lowest BCUT2D eigenvalue weighted by molar-refractivity contribution is -0.111. The molecular formula is C20H22ClN5O3S2. The predicted molar refractivity (Wildman–Crippen MR) is 122 cm³/mol. The Hall–Kier alpha value is -2.27. The molecule has 4 rings (SSSR count).